The molecular weight excluding hydrogens is 211 g/mol. The molecular formula is C11H13FN2O2. The third-order valence-electron chi connectivity index (χ3n) is 1.97. The van der Waals surface area contributed by atoms with E-state index in [9.17, 15) is 14.0 Å². The fourth-order valence-corrected chi connectivity index (χ4v) is 1.06. The summed E-state index contributed by atoms with van der Waals surface area (Å²) in [6.45, 7) is 3.42. The molecule has 1 aromatic rings. The van der Waals surface area contributed by atoms with E-state index in [-0.39, 0.29) is 17.5 Å². The van der Waals surface area contributed by atoms with Crippen LogP contribution in [0.3, 0.4) is 0 Å². The molecule has 0 atom stereocenters. The number of rotatable bonds is 4. The first kappa shape index (κ1) is 12.2. The number of hydrogen-bond donors (Lipinski definition) is 2. The van der Waals surface area contributed by atoms with Crippen LogP contribution < -0.4 is 10.6 Å². The van der Waals surface area contributed by atoms with Gasteiger partial charge in [0, 0.05) is 11.6 Å². The van der Waals surface area contributed by atoms with Gasteiger partial charge in [0.25, 0.3) is 0 Å². The monoisotopic (exact) mass is 224 g/mol. The van der Waals surface area contributed by atoms with Crippen LogP contribution in [0.25, 0.3) is 0 Å². The molecule has 1 rings (SSSR count). The fraction of sp³-hybridized carbons (Fsp3) is 0.273. The van der Waals surface area contributed by atoms with Gasteiger partial charge in [0.15, 0.2) is 0 Å². The molecule has 0 aliphatic heterocycles. The van der Waals surface area contributed by atoms with Crippen molar-refractivity contribution in [2.24, 2.45) is 5.92 Å². The van der Waals surface area contributed by atoms with Crippen LogP contribution in [0.15, 0.2) is 18.2 Å². The van der Waals surface area contributed by atoms with Crippen LogP contribution >= 0.6 is 0 Å². The number of hydrogen-bond acceptors (Lipinski definition) is 2. The third kappa shape index (κ3) is 3.05. The SMILES string of the molecule is CC(C)C(=O)Nc1cc(NC=O)ccc1F. The van der Waals surface area contributed by atoms with Crippen LogP contribution in [0.1, 0.15) is 13.8 Å². The Hall–Kier alpha value is -1.91. The molecule has 16 heavy (non-hydrogen) atoms. The topological polar surface area (TPSA) is 58.2 Å². The van der Waals surface area contributed by atoms with E-state index in [1.54, 1.807) is 13.8 Å². The first-order valence-corrected chi connectivity index (χ1v) is 4.85. The minimum Gasteiger partial charge on any atom is -0.329 e. The summed E-state index contributed by atoms with van der Waals surface area (Å²) in [6.07, 6.45) is 0.487. The second-order valence-corrected chi connectivity index (χ2v) is 3.60. The van der Waals surface area contributed by atoms with Gasteiger partial charge >= 0.3 is 0 Å². The van der Waals surface area contributed by atoms with Crippen molar-refractivity contribution >= 4 is 23.7 Å². The van der Waals surface area contributed by atoms with Crippen molar-refractivity contribution in [3.63, 3.8) is 0 Å². The van der Waals surface area contributed by atoms with Crippen LogP contribution in [0.2, 0.25) is 0 Å². The molecule has 0 unspecified atom stereocenters. The van der Waals surface area contributed by atoms with Gasteiger partial charge in [-0.05, 0) is 18.2 Å². The van der Waals surface area contributed by atoms with Crippen molar-refractivity contribution in [2.75, 3.05) is 10.6 Å². The maximum absolute atomic E-state index is 13.3. The lowest BCUT2D eigenvalue weighted by Gasteiger charge is -2.09. The minimum atomic E-state index is -0.537. The van der Waals surface area contributed by atoms with E-state index < -0.39 is 5.82 Å². The zero-order chi connectivity index (χ0) is 12.1. The molecule has 0 saturated carbocycles. The molecule has 0 aliphatic carbocycles. The first-order valence-electron chi connectivity index (χ1n) is 4.85. The van der Waals surface area contributed by atoms with E-state index in [0.717, 1.165) is 0 Å². The summed E-state index contributed by atoms with van der Waals surface area (Å²) in [5, 5.41) is 4.82. The van der Waals surface area contributed by atoms with Crippen molar-refractivity contribution in [3.05, 3.63) is 24.0 Å². The molecule has 0 saturated heterocycles. The van der Waals surface area contributed by atoms with Gasteiger partial charge < -0.3 is 10.6 Å². The summed E-state index contributed by atoms with van der Waals surface area (Å²) in [4.78, 5) is 21.6. The summed E-state index contributed by atoms with van der Waals surface area (Å²) >= 11 is 0. The maximum atomic E-state index is 13.3. The molecule has 0 fully saturated rings. The molecule has 0 aromatic heterocycles. The zero-order valence-electron chi connectivity index (χ0n) is 9.08. The van der Waals surface area contributed by atoms with Crippen molar-refractivity contribution < 1.29 is 14.0 Å². The molecule has 0 bridgehead atoms. The van der Waals surface area contributed by atoms with Crippen LogP contribution in [0.5, 0.6) is 0 Å². The molecule has 4 nitrogen and oxygen atoms in total. The molecule has 1 aromatic carbocycles. The molecule has 0 radical (unpaired) electrons. The van der Waals surface area contributed by atoms with E-state index in [4.69, 9.17) is 0 Å². The first-order chi connectivity index (χ1) is 7.54. The Morgan fingerprint density at radius 1 is 1.44 bits per heavy atom. The average Bonchev–Trinajstić information content (AvgIpc) is 2.23. The van der Waals surface area contributed by atoms with Gasteiger partial charge in [-0.1, -0.05) is 13.8 Å². The predicted octanol–water partition coefficient (Wildman–Crippen LogP) is 1.99. The zero-order valence-corrected chi connectivity index (χ0v) is 9.08. The number of carbonyl (C=O) groups is 2. The van der Waals surface area contributed by atoms with E-state index in [2.05, 4.69) is 10.6 Å². The quantitative estimate of drug-likeness (QED) is 0.768. The molecule has 5 heteroatoms. The van der Waals surface area contributed by atoms with Crippen LogP contribution in [-0.2, 0) is 9.59 Å². The van der Waals surface area contributed by atoms with E-state index in [1.165, 1.54) is 18.2 Å². The van der Waals surface area contributed by atoms with Crippen molar-refractivity contribution in [1.82, 2.24) is 0 Å². The summed E-state index contributed by atoms with van der Waals surface area (Å²) in [5.41, 5.74) is 0.487. The smallest absolute Gasteiger partial charge is 0.227 e. The largest absolute Gasteiger partial charge is 0.329 e. The third-order valence-corrected chi connectivity index (χ3v) is 1.97. The fourth-order valence-electron chi connectivity index (χ4n) is 1.06. The summed E-state index contributed by atoms with van der Waals surface area (Å²) in [5.74, 6) is -1.05. The Bertz CT molecular complexity index is 405. The highest BCUT2D eigenvalue weighted by Gasteiger charge is 2.10. The maximum Gasteiger partial charge on any atom is 0.227 e. The van der Waals surface area contributed by atoms with E-state index in [0.29, 0.717) is 12.1 Å². The van der Waals surface area contributed by atoms with Gasteiger partial charge in [-0.15, -0.1) is 0 Å². The second kappa shape index (κ2) is 5.25. The molecule has 86 valence electrons. The molecule has 0 spiro atoms. The number of amides is 2. The highest BCUT2D eigenvalue weighted by molar-refractivity contribution is 5.93. The average molecular weight is 224 g/mol. The van der Waals surface area contributed by atoms with Crippen LogP contribution in [-0.4, -0.2) is 12.3 Å². The lowest BCUT2D eigenvalue weighted by atomic mass is 10.2. The Balaban J connectivity index is 2.89. The minimum absolute atomic E-state index is 0.0607. The molecule has 0 aliphatic rings. The van der Waals surface area contributed by atoms with Gasteiger partial charge in [0.1, 0.15) is 5.82 Å². The van der Waals surface area contributed by atoms with Gasteiger partial charge in [-0.2, -0.15) is 0 Å². The number of carbonyl (C=O) groups excluding carboxylic acids is 2. The predicted molar refractivity (Wildman–Crippen MR) is 59.6 cm³/mol. The number of nitrogens with one attached hydrogen (secondary N) is 2. The van der Waals surface area contributed by atoms with Gasteiger partial charge in [0.2, 0.25) is 12.3 Å². The molecule has 2 N–H and O–H groups in total. The molecule has 0 heterocycles. The summed E-state index contributed by atoms with van der Waals surface area (Å²) in [7, 11) is 0. The lowest BCUT2D eigenvalue weighted by Crippen LogP contribution is -2.18. The Labute approximate surface area is 92.8 Å². The standard InChI is InChI=1S/C11H13FN2O2/c1-7(2)11(16)14-10-5-8(13-6-15)3-4-9(10)12/h3-7H,1-2H3,(H,13,15)(H,14,16). The van der Waals surface area contributed by atoms with Crippen LogP contribution in [0.4, 0.5) is 15.8 Å². The van der Waals surface area contributed by atoms with E-state index in [1.807, 2.05) is 0 Å². The Morgan fingerprint density at radius 3 is 2.69 bits per heavy atom. The van der Waals surface area contributed by atoms with E-state index >= 15 is 0 Å². The lowest BCUT2D eigenvalue weighted by molar-refractivity contribution is -0.118. The van der Waals surface area contributed by atoms with Crippen molar-refractivity contribution in [1.29, 1.82) is 0 Å². The van der Waals surface area contributed by atoms with Gasteiger partial charge in [-0.3, -0.25) is 9.59 Å². The summed E-state index contributed by atoms with van der Waals surface area (Å²) in [6, 6.07) is 3.96. The number of benzene rings is 1. The summed E-state index contributed by atoms with van der Waals surface area (Å²) < 4.78 is 13.3. The van der Waals surface area contributed by atoms with Crippen molar-refractivity contribution in [2.45, 2.75) is 13.8 Å². The number of anilines is 2. The normalized spacial score (nSPS) is 10.0. The van der Waals surface area contributed by atoms with Crippen molar-refractivity contribution in [3.8, 4) is 0 Å². The van der Waals surface area contributed by atoms with Gasteiger partial charge in [0.05, 0.1) is 5.69 Å². The highest BCUT2D eigenvalue weighted by Crippen LogP contribution is 2.19. The second-order valence-electron chi connectivity index (χ2n) is 3.60. The Morgan fingerprint density at radius 2 is 2.12 bits per heavy atom. The van der Waals surface area contributed by atoms with Gasteiger partial charge in [-0.25, -0.2) is 4.39 Å². The van der Waals surface area contributed by atoms with Crippen LogP contribution in [0, 0.1) is 11.7 Å². The number of halogens is 1. The highest BCUT2D eigenvalue weighted by atomic mass is 19.1. The molecule has 2 amide bonds. The Kier molecular flexibility index (Phi) is 3.99.